The minimum Gasteiger partial charge on any atom is -0.544 e. The molecule has 22 heavy (non-hydrogen) atoms. The van der Waals surface area contributed by atoms with E-state index < -0.39 is 61.1 Å². The van der Waals surface area contributed by atoms with Gasteiger partial charge in [0.05, 0.1) is 18.8 Å². The van der Waals surface area contributed by atoms with Crippen molar-refractivity contribution < 1.29 is 74.5 Å². The van der Waals surface area contributed by atoms with Gasteiger partial charge in [-0.3, -0.25) is 4.79 Å². The average molecular weight is 331 g/mol. The predicted octanol–water partition coefficient (Wildman–Crippen LogP) is -8.20. The number of carbonyl (C=O) groups is 2. The number of ether oxygens (including phenoxy) is 1. The van der Waals surface area contributed by atoms with Gasteiger partial charge in [-0.25, -0.2) is 0 Å². The van der Waals surface area contributed by atoms with Gasteiger partial charge in [-0.1, -0.05) is 0 Å². The number of carbonyl (C=O) groups excluding carboxylic acids is 2. The Balaban J connectivity index is 0.00000441. The second kappa shape index (κ2) is 8.52. The normalized spacial score (nSPS) is 34.2. The zero-order valence-corrected chi connectivity index (χ0v) is 14.2. The summed E-state index contributed by atoms with van der Waals surface area (Å²) in [6, 6.07) is -1.29. The molecule has 6 N–H and O–H groups in total. The number of carboxylic acid groups (broad SMARTS) is 1. The van der Waals surface area contributed by atoms with Crippen LogP contribution in [0.4, 0.5) is 0 Å². The van der Waals surface area contributed by atoms with E-state index in [1.165, 1.54) is 0 Å². The molecule has 0 bridgehead atoms. The van der Waals surface area contributed by atoms with Crippen molar-refractivity contribution in [1.82, 2.24) is 5.32 Å². The number of nitrogens with one attached hydrogen (secondary N) is 1. The molecule has 1 saturated heterocycles. The molecule has 0 unspecified atom stereocenters. The summed E-state index contributed by atoms with van der Waals surface area (Å²) in [6.07, 6.45) is -7.67. The van der Waals surface area contributed by atoms with Crippen LogP contribution in [0, 0.1) is 0 Å². The third kappa shape index (κ3) is 4.85. The van der Waals surface area contributed by atoms with Gasteiger partial charge >= 0.3 is 29.6 Å². The van der Waals surface area contributed by atoms with Gasteiger partial charge in [-0.05, 0) is 0 Å². The number of hydrogen-bond acceptors (Lipinski definition) is 9. The first-order valence-electron chi connectivity index (χ1n) is 6.16. The second-order valence-electron chi connectivity index (χ2n) is 4.89. The van der Waals surface area contributed by atoms with Crippen molar-refractivity contribution in [3.05, 3.63) is 0 Å². The maximum absolute atomic E-state index is 11.1. The second-order valence-corrected chi connectivity index (χ2v) is 4.89. The van der Waals surface area contributed by atoms with E-state index in [2.05, 4.69) is 5.32 Å². The van der Waals surface area contributed by atoms with Gasteiger partial charge < -0.3 is 45.5 Å². The van der Waals surface area contributed by atoms with Crippen molar-refractivity contribution >= 4 is 11.9 Å². The number of carboxylic acids is 1. The average Bonchev–Trinajstić information content (AvgIpc) is 2.39. The van der Waals surface area contributed by atoms with E-state index in [1.54, 1.807) is 0 Å². The third-order valence-electron chi connectivity index (χ3n) is 3.19. The molecule has 0 spiro atoms. The quantitative estimate of drug-likeness (QED) is 0.267. The summed E-state index contributed by atoms with van der Waals surface area (Å²) in [4.78, 5) is 22.0. The Hall–Kier alpha value is -0.300. The maximum atomic E-state index is 11.1. The van der Waals surface area contributed by atoms with E-state index in [0.29, 0.717) is 0 Å². The molecule has 6 atom stereocenters. The van der Waals surface area contributed by atoms with Crippen molar-refractivity contribution in [2.45, 2.75) is 49.6 Å². The van der Waals surface area contributed by atoms with Crippen LogP contribution >= 0.6 is 0 Å². The summed E-state index contributed by atoms with van der Waals surface area (Å²) >= 11 is 0. The monoisotopic (exact) mass is 331 g/mol. The van der Waals surface area contributed by atoms with Crippen molar-refractivity contribution in [3.63, 3.8) is 0 Å². The maximum Gasteiger partial charge on any atom is 1.00 e. The van der Waals surface area contributed by atoms with Gasteiger partial charge in [0, 0.05) is 13.3 Å². The first-order valence-corrected chi connectivity index (χ1v) is 6.16. The number of aliphatic hydroxyl groups is 5. The molecule has 11 heteroatoms. The third-order valence-corrected chi connectivity index (χ3v) is 3.19. The van der Waals surface area contributed by atoms with Gasteiger partial charge in [-0.2, -0.15) is 0 Å². The first-order chi connectivity index (χ1) is 9.62. The fraction of sp³-hybridized carbons (Fsp3) is 0.818. The Morgan fingerprint density at radius 3 is 2.41 bits per heavy atom. The number of aliphatic hydroxyl groups excluding tert-OH is 4. The predicted molar refractivity (Wildman–Crippen MR) is 62.2 cm³/mol. The Morgan fingerprint density at radius 1 is 1.45 bits per heavy atom. The summed E-state index contributed by atoms with van der Waals surface area (Å²) < 4.78 is 4.80. The molecule has 1 heterocycles. The summed E-state index contributed by atoms with van der Waals surface area (Å²) in [7, 11) is 0. The Kier molecular flexibility index (Phi) is 8.41. The van der Waals surface area contributed by atoms with Gasteiger partial charge in [-0.15, -0.1) is 0 Å². The van der Waals surface area contributed by atoms with Crippen LogP contribution in [0.1, 0.15) is 13.3 Å². The van der Waals surface area contributed by atoms with Crippen molar-refractivity contribution in [2.24, 2.45) is 0 Å². The summed E-state index contributed by atoms with van der Waals surface area (Å²) in [5.74, 6) is -5.55. The minimum atomic E-state index is -2.89. The standard InChI is InChI=1S/C11H19NO9.Na/c1-4(14)12-7-5(15)2-11(20,10(18)19)21-9(7)8(17)6(16)3-13;/h5-9,13,15-17,20H,2-3H2,1H3,(H,12,14)(H,18,19);/q;+1/p-1/t5-,6+,7+,8+,9+,11+;/m0./s1. The van der Waals surface area contributed by atoms with Crippen LogP contribution in [0.2, 0.25) is 0 Å². The molecule has 0 aromatic carbocycles. The molecule has 10 nitrogen and oxygen atoms in total. The fourth-order valence-electron chi connectivity index (χ4n) is 2.13. The van der Waals surface area contributed by atoms with Crippen LogP contribution in [0.5, 0.6) is 0 Å². The molecule has 122 valence electrons. The van der Waals surface area contributed by atoms with E-state index >= 15 is 0 Å². The van der Waals surface area contributed by atoms with Crippen molar-refractivity contribution in [2.75, 3.05) is 6.61 Å². The van der Waals surface area contributed by atoms with Gasteiger partial charge in [0.25, 0.3) is 0 Å². The molecule has 0 radical (unpaired) electrons. The molecule has 1 aliphatic rings. The first kappa shape index (κ1) is 21.7. The largest absolute Gasteiger partial charge is 1.00 e. The van der Waals surface area contributed by atoms with Crippen molar-refractivity contribution in [1.29, 1.82) is 0 Å². The molecular weight excluding hydrogens is 313 g/mol. The van der Waals surface area contributed by atoms with Crippen LogP contribution in [-0.2, 0) is 14.3 Å². The van der Waals surface area contributed by atoms with E-state index in [9.17, 15) is 35.1 Å². The Labute approximate surface area is 148 Å². The van der Waals surface area contributed by atoms with Crippen LogP contribution in [0.25, 0.3) is 0 Å². The van der Waals surface area contributed by atoms with Gasteiger partial charge in [0.15, 0.2) is 0 Å². The Morgan fingerprint density at radius 2 is 2.00 bits per heavy atom. The van der Waals surface area contributed by atoms with Gasteiger partial charge in [0.1, 0.15) is 24.3 Å². The van der Waals surface area contributed by atoms with E-state index in [0.717, 1.165) is 6.92 Å². The molecule has 1 amide bonds. The zero-order valence-electron chi connectivity index (χ0n) is 12.2. The summed E-state index contributed by atoms with van der Waals surface area (Å²) in [6.45, 7) is 0.228. The van der Waals surface area contributed by atoms with Crippen LogP contribution < -0.4 is 40.0 Å². The number of hydrogen-bond donors (Lipinski definition) is 6. The number of amides is 1. The van der Waals surface area contributed by atoms with Crippen LogP contribution in [-0.4, -0.2) is 80.3 Å². The summed E-state index contributed by atoms with van der Waals surface area (Å²) in [5.41, 5.74) is 0. The minimum absolute atomic E-state index is 0. The van der Waals surface area contributed by atoms with E-state index in [4.69, 9.17) is 9.84 Å². The number of rotatable bonds is 5. The molecule has 0 saturated carbocycles. The van der Waals surface area contributed by atoms with Crippen LogP contribution in [0.15, 0.2) is 0 Å². The van der Waals surface area contributed by atoms with Crippen LogP contribution in [0.3, 0.4) is 0 Å². The SMILES string of the molecule is CC(=O)N[C@H]1[C@H]([C@H](O)[C@H](O)CO)O[C@@](O)(C(=O)[O-])C[C@@H]1O.[Na+]. The molecule has 0 aromatic rings. The smallest absolute Gasteiger partial charge is 0.544 e. The molecule has 1 rings (SSSR count). The summed E-state index contributed by atoms with van der Waals surface area (Å²) in [5, 5.41) is 60.8. The molecule has 1 fully saturated rings. The molecule has 0 aliphatic carbocycles. The molecule has 0 aromatic heterocycles. The van der Waals surface area contributed by atoms with E-state index in [1.807, 2.05) is 0 Å². The number of aliphatic carboxylic acids is 1. The fourth-order valence-corrected chi connectivity index (χ4v) is 2.13. The molecular formula is C11H18NNaO9. The van der Waals surface area contributed by atoms with Crippen molar-refractivity contribution in [3.8, 4) is 0 Å². The molecule has 1 aliphatic heterocycles. The van der Waals surface area contributed by atoms with E-state index in [-0.39, 0.29) is 29.6 Å². The van der Waals surface area contributed by atoms with Gasteiger partial charge in [0.2, 0.25) is 11.7 Å². The topological polar surface area (TPSA) is 180 Å². The Bertz CT molecular complexity index is 409. The zero-order chi connectivity index (χ0) is 16.4.